The predicted octanol–water partition coefficient (Wildman–Crippen LogP) is 3.51. The van der Waals surface area contributed by atoms with Gasteiger partial charge in [0.25, 0.3) is 0 Å². The Morgan fingerprint density at radius 2 is 1.80 bits per heavy atom. The van der Waals surface area contributed by atoms with Gasteiger partial charge >= 0.3 is 0 Å². The van der Waals surface area contributed by atoms with Crippen LogP contribution in [0.25, 0.3) is 0 Å². The fourth-order valence-electron chi connectivity index (χ4n) is 2.27. The zero-order valence-electron chi connectivity index (χ0n) is 11.4. The van der Waals surface area contributed by atoms with E-state index < -0.39 is 10.0 Å². The molecule has 0 saturated heterocycles. The standard InChI is InChI=1S/C13H18Br2N2O2S/c1-8(2)13(3-4-13)7-17-20(18,19)12-10(14)5-9(16)6-11(12)15/h5-6,8,17H,3-4,7,16H2,1-2H3. The molecule has 20 heavy (non-hydrogen) atoms. The number of nitrogens with one attached hydrogen (secondary N) is 1. The third kappa shape index (κ3) is 3.21. The predicted molar refractivity (Wildman–Crippen MR) is 87.9 cm³/mol. The summed E-state index contributed by atoms with van der Waals surface area (Å²) in [6.07, 6.45) is 2.16. The summed E-state index contributed by atoms with van der Waals surface area (Å²) in [5, 5.41) is 0. The van der Waals surface area contributed by atoms with Crippen molar-refractivity contribution in [1.29, 1.82) is 0 Å². The summed E-state index contributed by atoms with van der Waals surface area (Å²) in [6.45, 7) is 4.75. The van der Waals surface area contributed by atoms with Crippen LogP contribution in [-0.4, -0.2) is 15.0 Å². The molecule has 3 N–H and O–H groups in total. The first kappa shape index (κ1) is 16.3. The van der Waals surface area contributed by atoms with E-state index in [-0.39, 0.29) is 10.3 Å². The molecule has 1 aliphatic carbocycles. The monoisotopic (exact) mass is 424 g/mol. The Balaban J connectivity index is 2.24. The largest absolute Gasteiger partial charge is 0.399 e. The summed E-state index contributed by atoms with van der Waals surface area (Å²) in [6, 6.07) is 3.18. The van der Waals surface area contributed by atoms with Gasteiger partial charge in [-0.05, 0) is 68.2 Å². The molecule has 0 unspecified atom stereocenters. The lowest BCUT2D eigenvalue weighted by molar-refractivity contribution is 0.357. The maximum Gasteiger partial charge on any atom is 0.242 e. The number of halogens is 2. The summed E-state index contributed by atoms with van der Waals surface area (Å²) in [4.78, 5) is 0.200. The topological polar surface area (TPSA) is 72.2 Å². The van der Waals surface area contributed by atoms with Gasteiger partial charge in [0.15, 0.2) is 0 Å². The molecule has 4 nitrogen and oxygen atoms in total. The van der Waals surface area contributed by atoms with E-state index in [1.54, 1.807) is 12.1 Å². The Labute approximate surface area is 136 Å². The first-order valence-electron chi connectivity index (χ1n) is 6.42. The molecule has 0 aliphatic heterocycles. The molecule has 1 aromatic carbocycles. The second-order valence-electron chi connectivity index (χ2n) is 5.66. The number of nitrogen functional groups attached to an aromatic ring is 1. The lowest BCUT2D eigenvalue weighted by atomic mass is 9.93. The van der Waals surface area contributed by atoms with E-state index in [0.29, 0.717) is 27.1 Å². The van der Waals surface area contributed by atoms with Crippen molar-refractivity contribution in [1.82, 2.24) is 4.72 Å². The highest BCUT2D eigenvalue weighted by Gasteiger charge is 2.45. The van der Waals surface area contributed by atoms with Crippen LogP contribution in [0.3, 0.4) is 0 Å². The second kappa shape index (κ2) is 5.59. The fraction of sp³-hybridized carbons (Fsp3) is 0.538. The lowest BCUT2D eigenvalue weighted by Crippen LogP contribution is -2.33. The van der Waals surface area contributed by atoms with Crippen LogP contribution in [0.4, 0.5) is 5.69 Å². The van der Waals surface area contributed by atoms with Crippen LogP contribution in [0.1, 0.15) is 26.7 Å². The van der Waals surface area contributed by atoms with E-state index in [2.05, 4.69) is 50.4 Å². The zero-order valence-corrected chi connectivity index (χ0v) is 15.4. The van der Waals surface area contributed by atoms with Crippen LogP contribution in [0, 0.1) is 11.3 Å². The highest BCUT2D eigenvalue weighted by atomic mass is 79.9. The van der Waals surface area contributed by atoms with Gasteiger partial charge in [0.2, 0.25) is 10.0 Å². The van der Waals surface area contributed by atoms with Crippen LogP contribution in [0.5, 0.6) is 0 Å². The van der Waals surface area contributed by atoms with Crippen molar-refractivity contribution < 1.29 is 8.42 Å². The van der Waals surface area contributed by atoms with Crippen LogP contribution in [0.15, 0.2) is 26.0 Å². The minimum absolute atomic E-state index is 0.125. The highest BCUT2D eigenvalue weighted by molar-refractivity contribution is 9.11. The van der Waals surface area contributed by atoms with E-state index in [0.717, 1.165) is 12.8 Å². The molecule has 0 radical (unpaired) electrons. The number of anilines is 1. The van der Waals surface area contributed by atoms with E-state index in [1.165, 1.54) is 0 Å². The fourth-order valence-corrected chi connectivity index (χ4v) is 6.02. The number of rotatable bonds is 5. The summed E-state index contributed by atoms with van der Waals surface area (Å²) in [7, 11) is -3.56. The molecule has 1 aliphatic rings. The maximum absolute atomic E-state index is 12.5. The van der Waals surface area contributed by atoms with E-state index >= 15 is 0 Å². The van der Waals surface area contributed by atoms with E-state index in [9.17, 15) is 8.42 Å². The minimum atomic E-state index is -3.56. The quantitative estimate of drug-likeness (QED) is 0.709. The summed E-state index contributed by atoms with van der Waals surface area (Å²) in [5.41, 5.74) is 6.32. The Kier molecular flexibility index (Phi) is 4.54. The van der Waals surface area contributed by atoms with Gasteiger partial charge in [-0.3, -0.25) is 0 Å². The molecule has 0 atom stereocenters. The van der Waals surface area contributed by atoms with Gasteiger partial charge in [-0.15, -0.1) is 0 Å². The molecular formula is C13H18Br2N2O2S. The van der Waals surface area contributed by atoms with Gasteiger partial charge in [0, 0.05) is 21.2 Å². The molecule has 7 heteroatoms. The summed E-state index contributed by atoms with van der Waals surface area (Å²) in [5.74, 6) is 0.475. The van der Waals surface area contributed by atoms with Gasteiger partial charge in [0.1, 0.15) is 4.90 Å². The van der Waals surface area contributed by atoms with Gasteiger partial charge in [-0.1, -0.05) is 13.8 Å². The van der Waals surface area contributed by atoms with Crippen LogP contribution in [0.2, 0.25) is 0 Å². The highest BCUT2D eigenvalue weighted by Crippen LogP contribution is 2.51. The minimum Gasteiger partial charge on any atom is -0.399 e. The first-order chi connectivity index (χ1) is 9.18. The molecule has 0 bridgehead atoms. The lowest BCUT2D eigenvalue weighted by Gasteiger charge is -2.20. The third-order valence-corrected chi connectivity index (χ3v) is 7.30. The van der Waals surface area contributed by atoms with Crippen molar-refractivity contribution >= 4 is 47.6 Å². The Hall–Kier alpha value is -0.110. The Morgan fingerprint density at radius 3 is 2.20 bits per heavy atom. The molecule has 2 rings (SSSR count). The molecule has 1 saturated carbocycles. The number of nitrogens with two attached hydrogens (primary N) is 1. The van der Waals surface area contributed by atoms with Crippen LogP contribution < -0.4 is 10.5 Å². The van der Waals surface area contributed by atoms with Crippen molar-refractivity contribution in [3.05, 3.63) is 21.1 Å². The van der Waals surface area contributed by atoms with Gasteiger partial charge in [-0.2, -0.15) is 0 Å². The van der Waals surface area contributed by atoms with Crippen LogP contribution in [-0.2, 0) is 10.0 Å². The van der Waals surface area contributed by atoms with Gasteiger partial charge in [-0.25, -0.2) is 13.1 Å². The number of hydrogen-bond acceptors (Lipinski definition) is 3. The number of benzene rings is 1. The normalized spacial score (nSPS) is 17.4. The third-order valence-electron chi connectivity index (χ3n) is 4.02. The molecule has 1 fully saturated rings. The Bertz CT molecular complexity index is 602. The Morgan fingerprint density at radius 1 is 1.30 bits per heavy atom. The summed E-state index contributed by atoms with van der Waals surface area (Å²) >= 11 is 6.54. The SMILES string of the molecule is CC(C)C1(CNS(=O)(=O)c2c(Br)cc(N)cc2Br)CC1. The second-order valence-corrected chi connectivity index (χ2v) is 9.07. The molecule has 0 heterocycles. The number of hydrogen-bond donors (Lipinski definition) is 2. The molecule has 0 spiro atoms. The molecular weight excluding hydrogens is 408 g/mol. The van der Waals surface area contributed by atoms with Crippen molar-refractivity contribution in [2.24, 2.45) is 11.3 Å². The molecule has 0 aromatic heterocycles. The average molecular weight is 426 g/mol. The van der Waals surface area contributed by atoms with Crippen molar-refractivity contribution in [3.8, 4) is 0 Å². The smallest absolute Gasteiger partial charge is 0.242 e. The van der Waals surface area contributed by atoms with E-state index in [4.69, 9.17) is 5.73 Å². The number of sulfonamides is 1. The van der Waals surface area contributed by atoms with Gasteiger partial charge < -0.3 is 5.73 Å². The van der Waals surface area contributed by atoms with Crippen molar-refractivity contribution in [3.63, 3.8) is 0 Å². The van der Waals surface area contributed by atoms with Crippen LogP contribution >= 0.6 is 31.9 Å². The zero-order chi connectivity index (χ0) is 15.1. The molecule has 112 valence electrons. The van der Waals surface area contributed by atoms with Gasteiger partial charge in [0.05, 0.1) is 0 Å². The summed E-state index contributed by atoms with van der Waals surface area (Å²) < 4.78 is 28.6. The maximum atomic E-state index is 12.5. The average Bonchev–Trinajstić information content (AvgIpc) is 3.05. The molecule has 1 aromatic rings. The van der Waals surface area contributed by atoms with E-state index in [1.807, 2.05) is 0 Å². The van der Waals surface area contributed by atoms with Crippen molar-refractivity contribution in [2.45, 2.75) is 31.6 Å². The first-order valence-corrected chi connectivity index (χ1v) is 9.49. The van der Waals surface area contributed by atoms with Crippen molar-refractivity contribution in [2.75, 3.05) is 12.3 Å². The molecule has 0 amide bonds.